The number of nitrogens with zero attached hydrogens (tertiary/aromatic N) is 2. The van der Waals surface area contributed by atoms with Crippen LogP contribution >= 0.6 is 11.3 Å². The number of amides is 1. The van der Waals surface area contributed by atoms with Crippen molar-refractivity contribution in [1.29, 1.82) is 0 Å². The molecule has 106 valence electrons. The van der Waals surface area contributed by atoms with E-state index in [9.17, 15) is 4.79 Å². The lowest BCUT2D eigenvalue weighted by Crippen LogP contribution is -2.26. The first-order valence-electron chi connectivity index (χ1n) is 6.16. The molecule has 2 aromatic rings. The van der Waals surface area contributed by atoms with Gasteiger partial charge in [0.25, 0.3) is 5.91 Å². The van der Waals surface area contributed by atoms with E-state index in [2.05, 4.69) is 15.3 Å². The Morgan fingerprint density at radius 1 is 1.55 bits per heavy atom. The molecule has 2 rings (SSSR count). The lowest BCUT2D eigenvalue weighted by atomic mass is 10.2. The van der Waals surface area contributed by atoms with Crippen LogP contribution in [0.3, 0.4) is 0 Å². The SMILES string of the molecule is COCCCNC(=O)c1cnc(-c2cccs2)nc1N. The van der Waals surface area contributed by atoms with E-state index >= 15 is 0 Å². The number of ether oxygens (including phenoxy) is 1. The molecule has 0 aliphatic rings. The van der Waals surface area contributed by atoms with Gasteiger partial charge in [0.2, 0.25) is 0 Å². The fourth-order valence-electron chi connectivity index (χ4n) is 1.61. The number of rotatable bonds is 6. The normalized spacial score (nSPS) is 10.4. The Hall–Kier alpha value is -1.99. The van der Waals surface area contributed by atoms with Crippen molar-refractivity contribution in [3.8, 4) is 10.7 Å². The van der Waals surface area contributed by atoms with Crippen LogP contribution in [0, 0.1) is 0 Å². The summed E-state index contributed by atoms with van der Waals surface area (Å²) in [7, 11) is 1.62. The summed E-state index contributed by atoms with van der Waals surface area (Å²) in [4.78, 5) is 21.2. The van der Waals surface area contributed by atoms with Gasteiger partial charge in [-0.15, -0.1) is 11.3 Å². The molecule has 0 aromatic carbocycles. The van der Waals surface area contributed by atoms with Crippen LogP contribution in [-0.4, -0.2) is 36.1 Å². The third-order valence-electron chi connectivity index (χ3n) is 2.62. The minimum atomic E-state index is -0.267. The topological polar surface area (TPSA) is 90.1 Å². The van der Waals surface area contributed by atoms with Crippen molar-refractivity contribution < 1.29 is 9.53 Å². The zero-order valence-corrected chi connectivity index (χ0v) is 11.9. The van der Waals surface area contributed by atoms with Crippen LogP contribution in [-0.2, 0) is 4.74 Å². The Bertz CT molecular complexity index is 572. The lowest BCUT2D eigenvalue weighted by molar-refractivity contribution is 0.0949. The largest absolute Gasteiger partial charge is 0.385 e. The Labute approximate surface area is 121 Å². The van der Waals surface area contributed by atoms with Crippen LogP contribution in [0.15, 0.2) is 23.7 Å². The zero-order valence-electron chi connectivity index (χ0n) is 11.1. The molecule has 0 fully saturated rings. The molecule has 0 unspecified atom stereocenters. The van der Waals surface area contributed by atoms with Gasteiger partial charge in [-0.05, 0) is 17.9 Å². The van der Waals surface area contributed by atoms with Crippen molar-refractivity contribution >= 4 is 23.1 Å². The van der Waals surface area contributed by atoms with Gasteiger partial charge in [-0.25, -0.2) is 9.97 Å². The Kier molecular flexibility index (Phi) is 5.03. The maximum atomic E-state index is 11.9. The molecule has 0 bridgehead atoms. The van der Waals surface area contributed by atoms with Crippen molar-refractivity contribution in [3.05, 3.63) is 29.3 Å². The molecule has 0 aliphatic carbocycles. The molecule has 0 aliphatic heterocycles. The number of methoxy groups -OCH3 is 1. The number of carbonyl (C=O) groups excluding carboxylic acids is 1. The van der Waals surface area contributed by atoms with Gasteiger partial charge in [0.05, 0.1) is 10.4 Å². The number of nitrogens with two attached hydrogens (primary N) is 1. The molecule has 6 nitrogen and oxygen atoms in total. The number of hydrogen-bond acceptors (Lipinski definition) is 6. The van der Waals surface area contributed by atoms with Crippen LogP contribution in [0.25, 0.3) is 10.7 Å². The van der Waals surface area contributed by atoms with Gasteiger partial charge in [0.1, 0.15) is 5.82 Å². The highest BCUT2D eigenvalue weighted by molar-refractivity contribution is 7.13. The molecule has 0 atom stereocenters. The van der Waals surface area contributed by atoms with E-state index in [1.54, 1.807) is 7.11 Å². The first-order chi connectivity index (χ1) is 9.72. The molecule has 0 saturated carbocycles. The monoisotopic (exact) mass is 292 g/mol. The van der Waals surface area contributed by atoms with Gasteiger partial charge in [0, 0.05) is 26.5 Å². The molecule has 0 spiro atoms. The number of nitrogen functional groups attached to an aromatic ring is 1. The fraction of sp³-hybridized carbons (Fsp3) is 0.308. The van der Waals surface area contributed by atoms with E-state index < -0.39 is 0 Å². The standard InChI is InChI=1S/C13H16N4O2S/c1-19-6-3-5-15-13(18)9-8-16-12(17-11(9)14)10-4-2-7-20-10/h2,4,7-8H,3,5-6H2,1H3,(H,15,18)(H2,14,16,17). The molecule has 2 aromatic heterocycles. The minimum Gasteiger partial charge on any atom is -0.385 e. The van der Waals surface area contributed by atoms with Gasteiger partial charge in [-0.3, -0.25) is 4.79 Å². The van der Waals surface area contributed by atoms with Crippen LogP contribution in [0.2, 0.25) is 0 Å². The van der Waals surface area contributed by atoms with E-state index in [1.807, 2.05) is 17.5 Å². The quantitative estimate of drug-likeness (QED) is 0.788. The van der Waals surface area contributed by atoms with Gasteiger partial charge < -0.3 is 15.8 Å². The number of anilines is 1. The second-order valence-electron chi connectivity index (χ2n) is 4.07. The van der Waals surface area contributed by atoms with Crippen LogP contribution in [0.4, 0.5) is 5.82 Å². The number of hydrogen-bond donors (Lipinski definition) is 2. The number of carbonyl (C=O) groups is 1. The summed E-state index contributed by atoms with van der Waals surface area (Å²) in [5, 5.41) is 4.69. The van der Waals surface area contributed by atoms with Crippen molar-refractivity contribution in [2.24, 2.45) is 0 Å². The third-order valence-corrected chi connectivity index (χ3v) is 3.48. The first kappa shape index (κ1) is 14.4. The Morgan fingerprint density at radius 3 is 3.05 bits per heavy atom. The average molecular weight is 292 g/mol. The summed E-state index contributed by atoms with van der Waals surface area (Å²) in [6.45, 7) is 1.13. The zero-order chi connectivity index (χ0) is 14.4. The molecular weight excluding hydrogens is 276 g/mol. The van der Waals surface area contributed by atoms with Crippen molar-refractivity contribution in [2.45, 2.75) is 6.42 Å². The van der Waals surface area contributed by atoms with Gasteiger partial charge in [-0.2, -0.15) is 0 Å². The molecule has 20 heavy (non-hydrogen) atoms. The number of thiophene rings is 1. The predicted octanol–water partition coefficient (Wildman–Crippen LogP) is 1.55. The molecule has 0 saturated heterocycles. The average Bonchev–Trinajstić information content (AvgIpc) is 2.97. The second-order valence-corrected chi connectivity index (χ2v) is 5.02. The smallest absolute Gasteiger partial charge is 0.256 e. The Balaban J connectivity index is 2.04. The molecule has 1 amide bonds. The number of nitrogens with one attached hydrogen (secondary N) is 1. The van der Waals surface area contributed by atoms with Crippen molar-refractivity contribution in [2.75, 3.05) is 26.0 Å². The molecule has 0 radical (unpaired) electrons. The molecule has 3 N–H and O–H groups in total. The highest BCUT2D eigenvalue weighted by Crippen LogP contribution is 2.22. The maximum Gasteiger partial charge on any atom is 0.256 e. The molecular formula is C13H16N4O2S. The summed E-state index contributed by atoms with van der Waals surface area (Å²) in [6.07, 6.45) is 2.21. The van der Waals surface area contributed by atoms with E-state index in [4.69, 9.17) is 10.5 Å². The van der Waals surface area contributed by atoms with E-state index in [-0.39, 0.29) is 11.7 Å². The van der Waals surface area contributed by atoms with E-state index in [0.717, 1.165) is 11.3 Å². The summed E-state index contributed by atoms with van der Waals surface area (Å²) >= 11 is 1.52. The van der Waals surface area contributed by atoms with Crippen molar-refractivity contribution in [3.63, 3.8) is 0 Å². The summed E-state index contributed by atoms with van der Waals surface area (Å²) in [6, 6.07) is 3.82. The highest BCUT2D eigenvalue weighted by Gasteiger charge is 2.13. The maximum absolute atomic E-state index is 11.9. The van der Waals surface area contributed by atoms with Gasteiger partial charge >= 0.3 is 0 Å². The molecule has 7 heteroatoms. The second kappa shape index (κ2) is 6.97. The van der Waals surface area contributed by atoms with Crippen molar-refractivity contribution in [1.82, 2.24) is 15.3 Å². The fourth-order valence-corrected chi connectivity index (χ4v) is 2.27. The minimum absolute atomic E-state index is 0.188. The summed E-state index contributed by atoms with van der Waals surface area (Å²) in [5.41, 5.74) is 6.12. The summed E-state index contributed by atoms with van der Waals surface area (Å²) in [5.74, 6) is 0.456. The third kappa shape index (κ3) is 3.52. The van der Waals surface area contributed by atoms with E-state index in [1.165, 1.54) is 17.5 Å². The van der Waals surface area contributed by atoms with Gasteiger partial charge in [-0.1, -0.05) is 6.07 Å². The summed E-state index contributed by atoms with van der Waals surface area (Å²) < 4.78 is 4.91. The van der Waals surface area contributed by atoms with Gasteiger partial charge in [0.15, 0.2) is 5.82 Å². The van der Waals surface area contributed by atoms with E-state index in [0.29, 0.717) is 24.5 Å². The van der Waals surface area contributed by atoms with Crippen LogP contribution < -0.4 is 11.1 Å². The van der Waals surface area contributed by atoms with Crippen LogP contribution in [0.1, 0.15) is 16.8 Å². The lowest BCUT2D eigenvalue weighted by Gasteiger charge is -2.07. The number of aromatic nitrogens is 2. The highest BCUT2D eigenvalue weighted by atomic mass is 32.1. The Morgan fingerprint density at radius 2 is 2.40 bits per heavy atom. The van der Waals surface area contributed by atoms with Crippen LogP contribution in [0.5, 0.6) is 0 Å². The predicted molar refractivity (Wildman–Crippen MR) is 78.6 cm³/mol. The molecule has 2 heterocycles. The first-order valence-corrected chi connectivity index (χ1v) is 7.04.